The normalized spacial score (nSPS) is 11.2. The van der Waals surface area contributed by atoms with Crippen LogP contribution < -0.4 is 17.0 Å². The van der Waals surface area contributed by atoms with E-state index in [4.69, 9.17) is 10.5 Å². The number of esters is 1. The van der Waals surface area contributed by atoms with Crippen molar-refractivity contribution in [1.82, 2.24) is 18.9 Å². The van der Waals surface area contributed by atoms with E-state index in [9.17, 15) is 19.2 Å². The van der Waals surface area contributed by atoms with Crippen molar-refractivity contribution in [1.29, 1.82) is 0 Å². The smallest absolute Gasteiger partial charge is 0.332 e. The second-order valence-corrected chi connectivity index (χ2v) is 8.06. The number of nitrogens with zero attached hydrogens (tertiary/aromatic N) is 4. The van der Waals surface area contributed by atoms with Crippen LogP contribution in [0.25, 0.3) is 6.08 Å². The van der Waals surface area contributed by atoms with E-state index in [0.717, 1.165) is 31.6 Å². The molecular formula is C24H27N5O5. The molecule has 0 bridgehead atoms. The highest BCUT2D eigenvalue weighted by molar-refractivity contribution is 6.01. The molecule has 0 amide bonds. The van der Waals surface area contributed by atoms with Crippen LogP contribution in [0.2, 0.25) is 0 Å². The summed E-state index contributed by atoms with van der Waals surface area (Å²) in [4.78, 5) is 48.8. The lowest BCUT2D eigenvalue weighted by atomic mass is 10.1. The molecule has 3 rings (SSSR count). The first kappa shape index (κ1) is 24.4. The Morgan fingerprint density at radius 3 is 2.35 bits per heavy atom. The van der Waals surface area contributed by atoms with Crippen LogP contribution in [0.5, 0.6) is 0 Å². The van der Waals surface area contributed by atoms with Crippen LogP contribution in [0.3, 0.4) is 0 Å². The second-order valence-electron chi connectivity index (χ2n) is 8.06. The molecule has 10 nitrogen and oxygen atoms in total. The average molecular weight is 466 g/mol. The first-order valence-corrected chi connectivity index (χ1v) is 10.5. The minimum absolute atomic E-state index is 0.281. The van der Waals surface area contributed by atoms with Gasteiger partial charge in [-0.05, 0) is 32.4 Å². The SMILES string of the molecule is Cc1ccc(Cn2nc(C)c(/C=C/C(=O)OCC(=O)c3c(N)n(C)c(=O)n(C)c3=O)c2C)cc1. The molecule has 2 aromatic heterocycles. The van der Waals surface area contributed by atoms with Crippen molar-refractivity contribution in [3.63, 3.8) is 0 Å². The lowest BCUT2D eigenvalue weighted by Gasteiger charge is -2.10. The lowest BCUT2D eigenvalue weighted by molar-refractivity contribution is -0.136. The Morgan fingerprint density at radius 2 is 1.71 bits per heavy atom. The molecule has 0 aliphatic rings. The summed E-state index contributed by atoms with van der Waals surface area (Å²) in [7, 11) is 2.57. The summed E-state index contributed by atoms with van der Waals surface area (Å²) in [6.45, 7) is 5.67. The van der Waals surface area contributed by atoms with E-state index >= 15 is 0 Å². The van der Waals surface area contributed by atoms with Crippen LogP contribution in [0, 0.1) is 20.8 Å². The number of anilines is 1. The fourth-order valence-electron chi connectivity index (χ4n) is 3.50. The minimum Gasteiger partial charge on any atom is -0.454 e. The molecule has 0 aliphatic carbocycles. The fourth-order valence-corrected chi connectivity index (χ4v) is 3.50. The van der Waals surface area contributed by atoms with Gasteiger partial charge in [0.2, 0.25) is 5.78 Å². The van der Waals surface area contributed by atoms with E-state index in [2.05, 4.69) is 5.10 Å². The first-order chi connectivity index (χ1) is 16.0. The predicted molar refractivity (Wildman–Crippen MR) is 128 cm³/mol. The molecule has 2 N–H and O–H groups in total. The first-order valence-electron chi connectivity index (χ1n) is 10.5. The minimum atomic E-state index is -0.843. The van der Waals surface area contributed by atoms with Gasteiger partial charge in [0.05, 0.1) is 12.2 Å². The monoisotopic (exact) mass is 465 g/mol. The summed E-state index contributed by atoms with van der Waals surface area (Å²) in [5.41, 5.74) is 8.53. The topological polar surface area (TPSA) is 131 Å². The number of aryl methyl sites for hydroxylation is 2. The molecule has 34 heavy (non-hydrogen) atoms. The molecule has 178 valence electrons. The molecule has 0 saturated carbocycles. The second kappa shape index (κ2) is 9.74. The Morgan fingerprint density at radius 1 is 1.06 bits per heavy atom. The number of nitrogen functional groups attached to an aromatic ring is 1. The predicted octanol–water partition coefficient (Wildman–Crippen LogP) is 1.28. The number of ether oxygens (including phenoxy) is 1. The molecule has 3 aromatic rings. The van der Waals surface area contributed by atoms with Crippen molar-refractivity contribution in [3.05, 3.63) is 84.8 Å². The van der Waals surface area contributed by atoms with Gasteiger partial charge in [-0.3, -0.25) is 23.4 Å². The van der Waals surface area contributed by atoms with Crippen LogP contribution in [-0.4, -0.2) is 37.3 Å². The van der Waals surface area contributed by atoms with E-state index < -0.39 is 35.2 Å². The highest BCUT2D eigenvalue weighted by Gasteiger charge is 2.21. The maximum atomic E-state index is 12.5. The van der Waals surface area contributed by atoms with Crippen molar-refractivity contribution in [3.8, 4) is 0 Å². The zero-order chi connectivity index (χ0) is 25.2. The number of carbonyl (C=O) groups is 2. The van der Waals surface area contributed by atoms with Gasteiger partial charge in [-0.2, -0.15) is 5.10 Å². The van der Waals surface area contributed by atoms with Crippen LogP contribution >= 0.6 is 0 Å². The van der Waals surface area contributed by atoms with Crippen molar-refractivity contribution in [2.75, 3.05) is 12.3 Å². The van der Waals surface area contributed by atoms with E-state index in [-0.39, 0.29) is 5.82 Å². The molecule has 0 radical (unpaired) electrons. The molecule has 0 saturated heterocycles. The maximum absolute atomic E-state index is 12.5. The average Bonchev–Trinajstić information content (AvgIpc) is 3.07. The van der Waals surface area contributed by atoms with E-state index in [1.807, 2.05) is 49.7 Å². The van der Waals surface area contributed by atoms with Crippen molar-refractivity contribution >= 4 is 23.6 Å². The third-order valence-electron chi connectivity index (χ3n) is 5.61. The van der Waals surface area contributed by atoms with Gasteiger partial charge >= 0.3 is 11.7 Å². The van der Waals surface area contributed by atoms with Crippen LogP contribution in [0.1, 0.15) is 38.4 Å². The summed E-state index contributed by atoms with van der Waals surface area (Å²) in [5.74, 6) is -1.84. The van der Waals surface area contributed by atoms with Gasteiger partial charge in [0, 0.05) is 31.4 Å². The Labute approximate surface area is 195 Å². The quantitative estimate of drug-likeness (QED) is 0.316. The van der Waals surface area contributed by atoms with Crippen LogP contribution in [-0.2, 0) is 30.2 Å². The number of aromatic nitrogens is 4. The lowest BCUT2D eigenvalue weighted by Crippen LogP contribution is -2.42. The van der Waals surface area contributed by atoms with Gasteiger partial charge in [0.15, 0.2) is 6.61 Å². The summed E-state index contributed by atoms with van der Waals surface area (Å²) in [5, 5.41) is 4.54. The van der Waals surface area contributed by atoms with Gasteiger partial charge in [-0.15, -0.1) is 0 Å². The Kier molecular flexibility index (Phi) is 7.00. The van der Waals surface area contributed by atoms with Gasteiger partial charge in [0.25, 0.3) is 5.56 Å². The number of carbonyl (C=O) groups excluding carboxylic acids is 2. The Balaban J connectivity index is 1.70. The number of nitrogens with two attached hydrogens (primary N) is 1. The third kappa shape index (κ3) is 4.90. The Bertz CT molecular complexity index is 1410. The van der Waals surface area contributed by atoms with Gasteiger partial charge < -0.3 is 10.5 Å². The van der Waals surface area contributed by atoms with Crippen LogP contribution in [0.15, 0.2) is 39.9 Å². The molecule has 10 heteroatoms. The molecule has 2 heterocycles. The molecular weight excluding hydrogens is 438 g/mol. The zero-order valence-electron chi connectivity index (χ0n) is 19.8. The van der Waals surface area contributed by atoms with Crippen molar-refractivity contribution in [2.45, 2.75) is 27.3 Å². The standard InChI is InChI=1S/C24H27N5O5/c1-14-6-8-17(9-7-14)12-29-16(3)18(15(2)26-29)10-11-20(31)34-13-19(30)21-22(25)27(4)24(33)28(5)23(21)32/h6-11H,12-13,25H2,1-5H3/b11-10+. The van der Waals surface area contributed by atoms with Gasteiger partial charge in [-0.1, -0.05) is 29.8 Å². The van der Waals surface area contributed by atoms with Gasteiger partial charge in [-0.25, -0.2) is 9.59 Å². The van der Waals surface area contributed by atoms with E-state index in [1.165, 1.54) is 25.7 Å². The Hall–Kier alpha value is -4.21. The van der Waals surface area contributed by atoms with E-state index in [1.54, 1.807) is 6.08 Å². The number of benzene rings is 1. The maximum Gasteiger partial charge on any atom is 0.332 e. The van der Waals surface area contributed by atoms with E-state index in [0.29, 0.717) is 6.54 Å². The fraction of sp³-hybridized carbons (Fsp3) is 0.292. The number of rotatable bonds is 7. The highest BCUT2D eigenvalue weighted by atomic mass is 16.5. The molecule has 0 atom stereocenters. The van der Waals surface area contributed by atoms with Crippen molar-refractivity contribution < 1.29 is 14.3 Å². The van der Waals surface area contributed by atoms with Crippen molar-refractivity contribution in [2.24, 2.45) is 14.1 Å². The summed E-state index contributed by atoms with van der Waals surface area (Å²) >= 11 is 0. The highest BCUT2D eigenvalue weighted by Crippen LogP contribution is 2.17. The summed E-state index contributed by atoms with van der Waals surface area (Å²) in [6.07, 6.45) is 2.78. The molecule has 0 fully saturated rings. The largest absolute Gasteiger partial charge is 0.454 e. The van der Waals surface area contributed by atoms with Gasteiger partial charge in [0.1, 0.15) is 11.4 Å². The molecule has 1 aromatic carbocycles. The van der Waals surface area contributed by atoms with Crippen LogP contribution in [0.4, 0.5) is 5.82 Å². The third-order valence-corrected chi connectivity index (χ3v) is 5.61. The summed E-state index contributed by atoms with van der Waals surface area (Å²) < 4.78 is 8.60. The molecule has 0 spiro atoms. The number of ketones is 1. The number of hydrogen-bond donors (Lipinski definition) is 1. The number of hydrogen-bond acceptors (Lipinski definition) is 7. The summed E-state index contributed by atoms with van der Waals surface area (Å²) in [6, 6.07) is 8.16. The number of Topliss-reactive ketones (excluding diaryl/α,β-unsaturated/α-hetero) is 1. The molecule has 0 aliphatic heterocycles. The molecule has 0 unspecified atom stereocenters. The zero-order valence-corrected chi connectivity index (χ0v) is 19.8.